The second-order valence-electron chi connectivity index (χ2n) is 4.53. The fourth-order valence-electron chi connectivity index (χ4n) is 1.77. The van der Waals surface area contributed by atoms with Crippen molar-refractivity contribution in [2.75, 3.05) is 0 Å². The predicted molar refractivity (Wildman–Crippen MR) is 86.2 cm³/mol. The SMILES string of the molecule is CC(=O)NC(Cl)C(Cl)(Cl)C(Oc1ccccc1)n1ccnc1. The Morgan fingerprint density at radius 1 is 1.36 bits per heavy atom. The van der Waals surface area contributed by atoms with Crippen molar-refractivity contribution in [2.24, 2.45) is 0 Å². The van der Waals surface area contributed by atoms with Gasteiger partial charge in [0, 0.05) is 19.3 Å². The second kappa shape index (κ2) is 7.22. The van der Waals surface area contributed by atoms with Crippen LogP contribution in [-0.2, 0) is 4.79 Å². The lowest BCUT2D eigenvalue weighted by Crippen LogP contribution is -2.48. The largest absolute Gasteiger partial charge is 0.467 e. The number of hydrogen-bond donors (Lipinski definition) is 1. The molecule has 2 atom stereocenters. The molecule has 2 rings (SSSR count). The highest BCUT2D eigenvalue weighted by Crippen LogP contribution is 2.40. The minimum Gasteiger partial charge on any atom is -0.467 e. The van der Waals surface area contributed by atoms with E-state index in [9.17, 15) is 4.79 Å². The maximum absolute atomic E-state index is 11.2. The van der Waals surface area contributed by atoms with Gasteiger partial charge in [0.05, 0.1) is 6.33 Å². The van der Waals surface area contributed by atoms with Crippen LogP contribution in [0.1, 0.15) is 13.2 Å². The number of para-hydroxylation sites is 1. The number of aromatic nitrogens is 2. The molecule has 0 spiro atoms. The fourth-order valence-corrected chi connectivity index (χ4v) is 2.46. The lowest BCUT2D eigenvalue weighted by molar-refractivity contribution is -0.119. The molecule has 1 N–H and O–H groups in total. The van der Waals surface area contributed by atoms with E-state index in [1.54, 1.807) is 29.1 Å². The monoisotopic (exact) mass is 361 g/mol. The first-order chi connectivity index (χ1) is 10.4. The Kier molecular flexibility index (Phi) is 5.56. The number of hydrogen-bond acceptors (Lipinski definition) is 3. The van der Waals surface area contributed by atoms with Crippen LogP contribution in [0.2, 0.25) is 0 Å². The zero-order valence-electron chi connectivity index (χ0n) is 11.6. The molecule has 5 nitrogen and oxygen atoms in total. The van der Waals surface area contributed by atoms with E-state index in [4.69, 9.17) is 39.5 Å². The van der Waals surface area contributed by atoms with Crippen LogP contribution in [0.5, 0.6) is 5.75 Å². The van der Waals surface area contributed by atoms with Crippen LogP contribution in [0.15, 0.2) is 49.1 Å². The number of rotatable bonds is 6. The van der Waals surface area contributed by atoms with E-state index in [0.29, 0.717) is 5.75 Å². The van der Waals surface area contributed by atoms with Crippen molar-refractivity contribution in [3.63, 3.8) is 0 Å². The first-order valence-corrected chi connectivity index (χ1v) is 7.58. The van der Waals surface area contributed by atoms with Crippen molar-refractivity contribution < 1.29 is 9.53 Å². The summed E-state index contributed by atoms with van der Waals surface area (Å²) in [6.45, 7) is 1.32. The molecule has 2 unspecified atom stereocenters. The van der Waals surface area contributed by atoms with Gasteiger partial charge in [0.1, 0.15) is 11.3 Å². The van der Waals surface area contributed by atoms with Crippen molar-refractivity contribution in [3.8, 4) is 5.75 Å². The molecule has 0 aliphatic heterocycles. The summed E-state index contributed by atoms with van der Waals surface area (Å²) in [6.07, 6.45) is 3.82. The summed E-state index contributed by atoms with van der Waals surface area (Å²) >= 11 is 18.9. The summed E-state index contributed by atoms with van der Waals surface area (Å²) in [5, 5.41) is 2.46. The highest BCUT2D eigenvalue weighted by Gasteiger charge is 2.45. The third-order valence-electron chi connectivity index (χ3n) is 2.78. The second-order valence-corrected chi connectivity index (χ2v) is 6.41. The number of ether oxygens (including phenoxy) is 1. The fraction of sp³-hybridized carbons (Fsp3) is 0.286. The molecule has 1 aromatic heterocycles. The zero-order chi connectivity index (χ0) is 16.2. The number of halogens is 3. The van der Waals surface area contributed by atoms with Crippen LogP contribution in [0.3, 0.4) is 0 Å². The molecule has 22 heavy (non-hydrogen) atoms. The van der Waals surface area contributed by atoms with Crippen LogP contribution in [0, 0.1) is 0 Å². The Morgan fingerprint density at radius 2 is 2.05 bits per heavy atom. The third kappa shape index (κ3) is 4.06. The Hall–Kier alpha value is -1.43. The van der Waals surface area contributed by atoms with Crippen LogP contribution in [0.4, 0.5) is 0 Å². The molecule has 0 radical (unpaired) electrons. The van der Waals surface area contributed by atoms with E-state index in [1.165, 1.54) is 13.3 Å². The molecule has 0 fully saturated rings. The zero-order valence-corrected chi connectivity index (χ0v) is 13.9. The average molecular weight is 363 g/mol. The summed E-state index contributed by atoms with van der Waals surface area (Å²) in [5.41, 5.74) is -1.07. The van der Waals surface area contributed by atoms with Gasteiger partial charge in [-0.3, -0.25) is 9.36 Å². The van der Waals surface area contributed by atoms with Crippen LogP contribution in [0.25, 0.3) is 0 Å². The molecule has 0 saturated heterocycles. The molecular formula is C14H14Cl3N3O2. The van der Waals surface area contributed by atoms with Crippen molar-refractivity contribution in [2.45, 2.75) is 23.0 Å². The lowest BCUT2D eigenvalue weighted by atomic mass is 10.3. The molecule has 1 heterocycles. The molecular weight excluding hydrogens is 349 g/mol. The summed E-state index contributed by atoms with van der Waals surface area (Å²) in [7, 11) is 0. The van der Waals surface area contributed by atoms with E-state index >= 15 is 0 Å². The van der Waals surface area contributed by atoms with E-state index in [1.807, 2.05) is 18.2 Å². The summed E-state index contributed by atoms with van der Waals surface area (Å²) in [6, 6.07) is 9.01. The molecule has 0 aliphatic rings. The molecule has 0 bridgehead atoms. The van der Waals surface area contributed by atoms with Crippen LogP contribution < -0.4 is 10.1 Å². The topological polar surface area (TPSA) is 56.1 Å². The Morgan fingerprint density at radius 3 is 2.59 bits per heavy atom. The third-order valence-corrected chi connectivity index (χ3v) is 4.27. The van der Waals surface area contributed by atoms with Gasteiger partial charge in [-0.2, -0.15) is 0 Å². The van der Waals surface area contributed by atoms with Gasteiger partial charge in [-0.1, -0.05) is 53.0 Å². The van der Waals surface area contributed by atoms with Gasteiger partial charge in [-0.25, -0.2) is 4.98 Å². The molecule has 118 valence electrons. The van der Waals surface area contributed by atoms with Crippen molar-refractivity contribution in [1.29, 1.82) is 0 Å². The molecule has 8 heteroatoms. The number of benzene rings is 1. The first kappa shape index (κ1) is 16.9. The Bertz CT molecular complexity index is 605. The molecule has 1 aromatic carbocycles. The standard InChI is InChI=1S/C14H14Cl3N3O2/c1-10(21)19-12(15)14(16,17)13(20-8-7-18-9-20)22-11-5-3-2-4-6-11/h2-9,12-13H,1H3,(H,19,21). The molecule has 0 saturated carbocycles. The van der Waals surface area contributed by atoms with E-state index in [-0.39, 0.29) is 5.91 Å². The molecule has 2 aromatic rings. The number of nitrogens with zero attached hydrogens (tertiary/aromatic N) is 2. The lowest BCUT2D eigenvalue weighted by Gasteiger charge is -2.34. The normalized spacial score (nSPS) is 14.2. The quantitative estimate of drug-likeness (QED) is 0.633. The molecule has 1 amide bonds. The number of nitrogens with one attached hydrogen (secondary N) is 1. The Balaban J connectivity index is 2.30. The number of carbonyl (C=O) groups excluding carboxylic acids is 1. The highest BCUT2D eigenvalue weighted by atomic mass is 35.5. The Labute approximate surface area is 143 Å². The number of carbonyl (C=O) groups is 1. The van der Waals surface area contributed by atoms with Crippen LogP contribution >= 0.6 is 34.8 Å². The van der Waals surface area contributed by atoms with Gasteiger partial charge in [0.15, 0.2) is 0 Å². The van der Waals surface area contributed by atoms with Crippen molar-refractivity contribution in [1.82, 2.24) is 14.9 Å². The predicted octanol–water partition coefficient (Wildman–Crippen LogP) is 3.34. The maximum Gasteiger partial charge on any atom is 0.218 e. The van der Waals surface area contributed by atoms with Gasteiger partial charge in [-0.05, 0) is 12.1 Å². The van der Waals surface area contributed by atoms with Crippen molar-refractivity contribution in [3.05, 3.63) is 49.1 Å². The number of alkyl halides is 3. The van der Waals surface area contributed by atoms with Gasteiger partial charge in [0.25, 0.3) is 0 Å². The van der Waals surface area contributed by atoms with Gasteiger partial charge in [0.2, 0.25) is 16.5 Å². The van der Waals surface area contributed by atoms with E-state index in [2.05, 4.69) is 10.3 Å². The van der Waals surface area contributed by atoms with E-state index in [0.717, 1.165) is 0 Å². The van der Waals surface area contributed by atoms with Gasteiger partial charge >= 0.3 is 0 Å². The van der Waals surface area contributed by atoms with E-state index < -0.39 is 16.1 Å². The minimum absolute atomic E-state index is 0.352. The van der Waals surface area contributed by atoms with Gasteiger partial charge in [-0.15, -0.1) is 0 Å². The van der Waals surface area contributed by atoms with Crippen molar-refractivity contribution >= 4 is 40.7 Å². The van der Waals surface area contributed by atoms with Gasteiger partial charge < -0.3 is 10.1 Å². The molecule has 0 aliphatic carbocycles. The van der Waals surface area contributed by atoms with Crippen LogP contribution in [-0.4, -0.2) is 25.3 Å². The maximum atomic E-state index is 11.2. The summed E-state index contributed by atoms with van der Waals surface area (Å²) in [4.78, 5) is 15.1. The summed E-state index contributed by atoms with van der Waals surface area (Å²) < 4.78 is 5.79. The number of amides is 1. The first-order valence-electron chi connectivity index (χ1n) is 6.39. The number of imidazole rings is 1. The minimum atomic E-state index is -1.64. The smallest absolute Gasteiger partial charge is 0.218 e. The summed E-state index contributed by atoms with van der Waals surface area (Å²) in [5.74, 6) is 0.202. The average Bonchev–Trinajstić information content (AvgIpc) is 2.98. The highest BCUT2D eigenvalue weighted by molar-refractivity contribution is 6.52.